The second kappa shape index (κ2) is 6.30. The number of rotatable bonds is 4. The van der Waals surface area contributed by atoms with E-state index in [2.05, 4.69) is 42.6 Å². The first-order valence-corrected chi connectivity index (χ1v) is 8.55. The molecule has 3 rings (SSSR count). The smallest absolute Gasteiger partial charge is 0.0934 e. The highest BCUT2D eigenvalue weighted by Gasteiger charge is 2.22. The Morgan fingerprint density at radius 2 is 2.10 bits per heavy atom. The molecule has 0 amide bonds. The summed E-state index contributed by atoms with van der Waals surface area (Å²) in [5, 5.41) is 3.73. The van der Waals surface area contributed by atoms with Gasteiger partial charge in [0, 0.05) is 17.5 Å². The molecule has 0 fully saturated rings. The molecule has 1 aromatic carbocycles. The molecule has 1 nitrogen and oxygen atoms in total. The van der Waals surface area contributed by atoms with Crippen molar-refractivity contribution in [2.24, 2.45) is 0 Å². The van der Waals surface area contributed by atoms with Crippen molar-refractivity contribution in [3.63, 3.8) is 0 Å². The molecular weight excluding hydrogens is 286 g/mol. The normalized spacial score (nSPS) is 18.0. The van der Waals surface area contributed by atoms with Crippen LogP contribution in [0.1, 0.15) is 47.4 Å². The van der Waals surface area contributed by atoms with Gasteiger partial charge in [-0.25, -0.2) is 0 Å². The van der Waals surface area contributed by atoms with Gasteiger partial charge in [0.25, 0.3) is 0 Å². The average Bonchev–Trinajstić information content (AvgIpc) is 2.86. The maximum Gasteiger partial charge on any atom is 0.0934 e. The van der Waals surface area contributed by atoms with Crippen molar-refractivity contribution in [1.29, 1.82) is 0 Å². The molecule has 106 valence electrons. The van der Waals surface area contributed by atoms with Crippen molar-refractivity contribution >= 4 is 22.9 Å². The minimum Gasteiger partial charge on any atom is -0.306 e. The Morgan fingerprint density at radius 1 is 1.30 bits per heavy atom. The molecule has 0 aliphatic heterocycles. The molecule has 1 aliphatic rings. The first kappa shape index (κ1) is 14.1. The van der Waals surface area contributed by atoms with E-state index in [4.69, 9.17) is 11.6 Å². The monoisotopic (exact) mass is 305 g/mol. The summed E-state index contributed by atoms with van der Waals surface area (Å²) in [4.78, 5) is 1.47. The highest BCUT2D eigenvalue weighted by Crippen LogP contribution is 2.37. The van der Waals surface area contributed by atoms with Crippen molar-refractivity contribution in [1.82, 2.24) is 5.32 Å². The first-order chi connectivity index (χ1) is 9.78. The number of benzene rings is 1. The molecule has 1 aliphatic carbocycles. The second-order valence-corrected chi connectivity index (χ2v) is 7.15. The predicted octanol–water partition coefficient (Wildman–Crippen LogP) is 5.13. The molecule has 0 radical (unpaired) electrons. The third-order valence-electron chi connectivity index (χ3n) is 4.12. The third-order valence-corrected chi connectivity index (χ3v) is 5.46. The lowest BCUT2D eigenvalue weighted by Crippen LogP contribution is -2.24. The van der Waals surface area contributed by atoms with Crippen LogP contribution in [0.3, 0.4) is 0 Å². The van der Waals surface area contributed by atoms with Gasteiger partial charge in [0.05, 0.1) is 4.34 Å². The van der Waals surface area contributed by atoms with E-state index < -0.39 is 0 Å². The van der Waals surface area contributed by atoms with Gasteiger partial charge in [-0.15, -0.1) is 11.3 Å². The van der Waals surface area contributed by atoms with Gasteiger partial charge >= 0.3 is 0 Å². The fraction of sp³-hybridized carbons (Fsp3) is 0.412. The summed E-state index contributed by atoms with van der Waals surface area (Å²) in [6.07, 6.45) is 4.76. The van der Waals surface area contributed by atoms with Crippen molar-refractivity contribution in [2.75, 3.05) is 0 Å². The van der Waals surface area contributed by atoms with Crippen LogP contribution in [0.15, 0.2) is 30.3 Å². The zero-order valence-corrected chi connectivity index (χ0v) is 13.4. The van der Waals surface area contributed by atoms with Gasteiger partial charge in [-0.05, 0) is 48.4 Å². The lowest BCUT2D eigenvalue weighted by atomic mass is 9.93. The summed E-state index contributed by atoms with van der Waals surface area (Å²) in [6.45, 7) is 3.16. The quantitative estimate of drug-likeness (QED) is 0.825. The van der Waals surface area contributed by atoms with Crippen molar-refractivity contribution in [3.8, 4) is 0 Å². The van der Waals surface area contributed by atoms with E-state index in [1.54, 1.807) is 11.3 Å². The number of hydrogen-bond donors (Lipinski definition) is 1. The van der Waals surface area contributed by atoms with Crippen molar-refractivity contribution in [3.05, 3.63) is 56.2 Å². The molecule has 0 spiro atoms. The van der Waals surface area contributed by atoms with Crippen molar-refractivity contribution in [2.45, 2.75) is 45.2 Å². The summed E-state index contributed by atoms with van der Waals surface area (Å²) in [5.74, 6) is 0. The zero-order chi connectivity index (χ0) is 13.9. The Labute approximate surface area is 130 Å². The van der Waals surface area contributed by atoms with Crippen LogP contribution in [0.5, 0.6) is 0 Å². The number of nitrogens with one attached hydrogen (secondary N) is 1. The van der Waals surface area contributed by atoms with Gasteiger partial charge in [-0.2, -0.15) is 0 Å². The number of halogens is 1. The van der Waals surface area contributed by atoms with Crippen LogP contribution in [0.2, 0.25) is 4.34 Å². The number of aryl methyl sites for hydroxylation is 2. The van der Waals surface area contributed by atoms with E-state index in [1.165, 1.54) is 40.8 Å². The molecule has 1 N–H and O–H groups in total. The minimum absolute atomic E-state index is 0.465. The van der Waals surface area contributed by atoms with E-state index in [-0.39, 0.29) is 0 Å². The molecular formula is C17H20ClNS. The van der Waals surface area contributed by atoms with E-state index in [0.717, 1.165) is 17.3 Å². The van der Waals surface area contributed by atoms with Gasteiger partial charge in [-0.3, -0.25) is 0 Å². The summed E-state index contributed by atoms with van der Waals surface area (Å²) >= 11 is 7.92. The molecule has 2 aromatic rings. The summed E-state index contributed by atoms with van der Waals surface area (Å²) in [6, 6.07) is 11.3. The van der Waals surface area contributed by atoms with Crippen LogP contribution in [-0.4, -0.2) is 0 Å². The Hall–Kier alpha value is -0.830. The van der Waals surface area contributed by atoms with E-state index in [9.17, 15) is 0 Å². The van der Waals surface area contributed by atoms with Crippen molar-refractivity contribution < 1.29 is 0 Å². The molecule has 3 heteroatoms. The molecule has 20 heavy (non-hydrogen) atoms. The maximum atomic E-state index is 6.17. The van der Waals surface area contributed by atoms with Crippen LogP contribution < -0.4 is 5.32 Å². The largest absolute Gasteiger partial charge is 0.306 e. The Morgan fingerprint density at radius 3 is 2.90 bits per heavy atom. The fourth-order valence-electron chi connectivity index (χ4n) is 3.04. The van der Waals surface area contributed by atoms with E-state index in [1.807, 2.05) is 0 Å². The van der Waals surface area contributed by atoms with Crippen LogP contribution in [0.4, 0.5) is 0 Å². The van der Waals surface area contributed by atoms with E-state index >= 15 is 0 Å². The third kappa shape index (κ3) is 2.93. The molecule has 1 atom stereocenters. The number of fused-ring (bicyclic) bond motifs is 1. The van der Waals surface area contributed by atoms with Crippen LogP contribution in [0.25, 0.3) is 0 Å². The standard InChI is InChI=1S/C17H20ClNS/c1-2-12-6-3-4-7-13(12)11-19-15-8-5-9-16-14(15)10-17(18)20-16/h3-4,6-7,10,15,19H,2,5,8-9,11H2,1H3. The summed E-state index contributed by atoms with van der Waals surface area (Å²) in [7, 11) is 0. The van der Waals surface area contributed by atoms with Gasteiger partial charge < -0.3 is 5.32 Å². The zero-order valence-electron chi connectivity index (χ0n) is 11.8. The SMILES string of the molecule is CCc1ccccc1CNC1CCCc2sc(Cl)cc21. The second-order valence-electron chi connectivity index (χ2n) is 5.38. The van der Waals surface area contributed by atoms with Crippen LogP contribution >= 0.6 is 22.9 Å². The molecule has 1 aromatic heterocycles. The van der Waals surface area contributed by atoms with Gasteiger partial charge in [0.1, 0.15) is 0 Å². The van der Waals surface area contributed by atoms with Crippen LogP contribution in [-0.2, 0) is 19.4 Å². The molecule has 1 heterocycles. The molecule has 0 saturated carbocycles. The number of hydrogen-bond acceptors (Lipinski definition) is 2. The highest BCUT2D eigenvalue weighted by molar-refractivity contribution is 7.16. The van der Waals surface area contributed by atoms with E-state index in [0.29, 0.717) is 6.04 Å². The average molecular weight is 306 g/mol. The summed E-state index contributed by atoms with van der Waals surface area (Å²) in [5.41, 5.74) is 4.29. The van der Waals surface area contributed by atoms with Gasteiger partial charge in [0.2, 0.25) is 0 Å². The number of thiophene rings is 1. The first-order valence-electron chi connectivity index (χ1n) is 7.36. The Kier molecular flexibility index (Phi) is 4.45. The minimum atomic E-state index is 0.465. The van der Waals surface area contributed by atoms with Crippen LogP contribution in [0, 0.1) is 0 Å². The molecule has 0 bridgehead atoms. The fourth-order valence-corrected chi connectivity index (χ4v) is 4.43. The Bertz CT molecular complexity index is 590. The Balaban J connectivity index is 1.73. The predicted molar refractivity (Wildman–Crippen MR) is 87.7 cm³/mol. The maximum absolute atomic E-state index is 6.17. The summed E-state index contributed by atoms with van der Waals surface area (Å²) < 4.78 is 0.928. The van der Waals surface area contributed by atoms with Gasteiger partial charge in [-0.1, -0.05) is 42.8 Å². The lowest BCUT2D eigenvalue weighted by molar-refractivity contribution is 0.462. The molecule has 1 unspecified atom stereocenters. The molecule has 0 saturated heterocycles. The lowest BCUT2D eigenvalue weighted by Gasteiger charge is -2.24. The van der Waals surface area contributed by atoms with Gasteiger partial charge in [0.15, 0.2) is 0 Å². The highest BCUT2D eigenvalue weighted by atomic mass is 35.5. The topological polar surface area (TPSA) is 12.0 Å².